The number of ether oxygens (including phenoxy) is 1. The lowest BCUT2D eigenvalue weighted by Crippen LogP contribution is -2.62. The Morgan fingerprint density at radius 1 is 0.898 bits per heavy atom. The monoisotopic (exact) mass is 704 g/mol. The first-order chi connectivity index (χ1) is 23.2. The highest BCUT2D eigenvalue weighted by atomic mass is 35.5. The molecule has 3 aromatic carbocycles. The summed E-state index contributed by atoms with van der Waals surface area (Å²) in [6.45, 7) is 14.1. The molecule has 1 unspecified atom stereocenters. The minimum atomic E-state index is -1.45. The molecular weight excluding hydrogens is 659 g/mol. The van der Waals surface area contributed by atoms with Gasteiger partial charge in [-0.3, -0.25) is 25.1 Å². The molecular formula is C38H46Cl2N6O3. The highest BCUT2D eigenvalue weighted by Gasteiger charge is 2.55. The van der Waals surface area contributed by atoms with E-state index >= 15 is 4.79 Å². The number of carbonyl (C=O) groups is 2. The van der Waals surface area contributed by atoms with Crippen molar-refractivity contribution in [1.29, 1.82) is 5.26 Å². The number of carbonyl (C=O) groups excluding carboxylic acids is 2. The summed E-state index contributed by atoms with van der Waals surface area (Å²) in [5.74, 6) is 0.324. The lowest BCUT2D eigenvalue weighted by Gasteiger charge is -2.41. The Morgan fingerprint density at radius 2 is 1.43 bits per heavy atom. The van der Waals surface area contributed by atoms with Crippen LogP contribution in [0.25, 0.3) is 0 Å². The number of amides is 2. The molecule has 2 heterocycles. The summed E-state index contributed by atoms with van der Waals surface area (Å²) in [4.78, 5) is 31.8. The number of halogens is 2. The third-order valence-electron chi connectivity index (χ3n) is 9.08. The van der Waals surface area contributed by atoms with E-state index in [1.165, 1.54) is 0 Å². The molecule has 3 atom stereocenters. The van der Waals surface area contributed by atoms with E-state index in [9.17, 15) is 10.1 Å². The van der Waals surface area contributed by atoms with Gasteiger partial charge in [0.1, 0.15) is 5.75 Å². The molecule has 2 saturated heterocycles. The zero-order chi connectivity index (χ0) is 35.6. The quantitative estimate of drug-likeness (QED) is 0.248. The molecule has 5 rings (SSSR count). The Kier molecular flexibility index (Phi) is 11.0. The molecule has 2 amide bonds. The predicted molar refractivity (Wildman–Crippen MR) is 194 cm³/mol. The molecule has 2 aliphatic rings. The van der Waals surface area contributed by atoms with E-state index in [-0.39, 0.29) is 36.0 Å². The molecule has 0 bridgehead atoms. The fourth-order valence-electron chi connectivity index (χ4n) is 6.53. The maximum absolute atomic E-state index is 15.2. The molecule has 0 aliphatic carbocycles. The van der Waals surface area contributed by atoms with Crippen molar-refractivity contribution in [2.75, 3.05) is 39.3 Å². The van der Waals surface area contributed by atoms with Gasteiger partial charge >= 0.3 is 0 Å². The highest BCUT2D eigenvalue weighted by molar-refractivity contribution is 6.30. The summed E-state index contributed by atoms with van der Waals surface area (Å²) >= 11 is 12.6. The van der Waals surface area contributed by atoms with Crippen LogP contribution in [0, 0.1) is 11.3 Å². The van der Waals surface area contributed by atoms with Gasteiger partial charge in [0.25, 0.3) is 5.91 Å². The van der Waals surface area contributed by atoms with Crippen molar-refractivity contribution in [3.05, 3.63) is 99.0 Å². The fourth-order valence-corrected chi connectivity index (χ4v) is 6.78. The Labute approximate surface area is 299 Å². The zero-order valence-corrected chi connectivity index (χ0v) is 30.6. The average molecular weight is 706 g/mol. The van der Waals surface area contributed by atoms with Crippen LogP contribution in [0.1, 0.15) is 75.9 Å². The standard InChI is InChI=1S/C38H46Cl2N6O3/c1-7-49-31-17-12-27(37(5,6)24-41)22-30(31)38(35(48)46-20-18-45(19-21-46)23-32(47)42-36(2,3)4)43-33(25-8-13-28(39)14-9-25)34(44-38)26-10-15-29(40)16-11-26/h8-17,22,33-34,43-44H,7,18-21,23H2,1-6H3,(H,42,47)/t33-,34+,38?. The zero-order valence-electron chi connectivity index (χ0n) is 29.1. The van der Waals surface area contributed by atoms with Gasteiger partial charge in [-0.25, -0.2) is 0 Å². The van der Waals surface area contributed by atoms with E-state index in [2.05, 4.69) is 26.9 Å². The van der Waals surface area contributed by atoms with Crippen LogP contribution in [0.4, 0.5) is 0 Å². The molecule has 260 valence electrons. The molecule has 3 aromatic rings. The van der Waals surface area contributed by atoms with Gasteiger partial charge in [-0.05, 0) is 94.6 Å². The average Bonchev–Trinajstić information content (AvgIpc) is 3.46. The van der Waals surface area contributed by atoms with E-state index in [1.807, 2.05) is 113 Å². The SMILES string of the molecule is CCOc1ccc(C(C)(C)C#N)cc1C1(C(=O)N2CCN(CC(=O)NC(C)(C)C)CC2)N[C@H](c2ccc(Cl)cc2)[C@H](c2ccc(Cl)cc2)N1. The normalized spacial score (nSPS) is 21.7. The molecule has 0 aromatic heterocycles. The molecule has 49 heavy (non-hydrogen) atoms. The van der Waals surface area contributed by atoms with Gasteiger partial charge in [-0.1, -0.05) is 53.5 Å². The van der Waals surface area contributed by atoms with Gasteiger partial charge in [0, 0.05) is 47.3 Å². The summed E-state index contributed by atoms with van der Waals surface area (Å²) in [5, 5.41) is 21.9. The Hall–Kier alpha value is -3.65. The second kappa shape index (κ2) is 14.7. The van der Waals surface area contributed by atoms with Crippen molar-refractivity contribution in [2.45, 2.75) is 70.2 Å². The van der Waals surface area contributed by atoms with Crippen molar-refractivity contribution >= 4 is 35.0 Å². The first-order valence-electron chi connectivity index (χ1n) is 16.7. The van der Waals surface area contributed by atoms with E-state index in [4.69, 9.17) is 27.9 Å². The van der Waals surface area contributed by atoms with Crippen molar-refractivity contribution < 1.29 is 14.3 Å². The Balaban J connectivity index is 1.60. The largest absolute Gasteiger partial charge is 0.493 e. The van der Waals surface area contributed by atoms with Crippen LogP contribution in [0.3, 0.4) is 0 Å². The van der Waals surface area contributed by atoms with Gasteiger partial charge in [0.2, 0.25) is 5.91 Å². The maximum Gasteiger partial charge on any atom is 0.262 e. The smallest absolute Gasteiger partial charge is 0.262 e. The van der Waals surface area contributed by atoms with Gasteiger partial charge in [-0.2, -0.15) is 5.26 Å². The third-order valence-corrected chi connectivity index (χ3v) is 9.59. The van der Waals surface area contributed by atoms with E-state index < -0.39 is 11.1 Å². The summed E-state index contributed by atoms with van der Waals surface area (Å²) < 4.78 is 6.21. The first-order valence-corrected chi connectivity index (χ1v) is 17.5. The molecule has 0 spiro atoms. The van der Waals surface area contributed by atoms with Crippen LogP contribution < -0.4 is 20.7 Å². The summed E-state index contributed by atoms with van der Waals surface area (Å²) in [6, 6.07) is 22.6. The second-order valence-electron chi connectivity index (χ2n) is 14.3. The van der Waals surface area contributed by atoms with Crippen LogP contribution in [0.2, 0.25) is 10.0 Å². The third kappa shape index (κ3) is 8.22. The summed E-state index contributed by atoms with van der Waals surface area (Å²) in [7, 11) is 0. The fraction of sp³-hybridized carbons (Fsp3) is 0.447. The Morgan fingerprint density at radius 3 is 1.90 bits per heavy atom. The lowest BCUT2D eigenvalue weighted by atomic mass is 9.83. The number of hydrogen-bond donors (Lipinski definition) is 3. The van der Waals surface area contributed by atoms with Crippen LogP contribution in [0.15, 0.2) is 66.7 Å². The number of benzene rings is 3. The summed E-state index contributed by atoms with van der Waals surface area (Å²) in [5.41, 5.74) is 0.633. The van der Waals surface area contributed by atoms with E-state index in [1.54, 1.807) is 0 Å². The number of nitrogens with one attached hydrogen (secondary N) is 3. The highest BCUT2D eigenvalue weighted by Crippen LogP contribution is 2.45. The summed E-state index contributed by atoms with van der Waals surface area (Å²) in [6.07, 6.45) is 0. The number of nitriles is 1. The van der Waals surface area contributed by atoms with Crippen molar-refractivity contribution in [3.63, 3.8) is 0 Å². The molecule has 0 radical (unpaired) electrons. The molecule has 3 N–H and O–H groups in total. The molecule has 11 heteroatoms. The van der Waals surface area contributed by atoms with Gasteiger partial charge in [0.05, 0.1) is 36.7 Å². The topological polar surface area (TPSA) is 110 Å². The maximum atomic E-state index is 15.2. The molecule has 2 fully saturated rings. The molecule has 0 saturated carbocycles. The second-order valence-corrected chi connectivity index (χ2v) is 15.2. The Bertz CT molecular complexity index is 1640. The minimum absolute atomic E-state index is 0.0437. The van der Waals surface area contributed by atoms with Gasteiger partial charge in [0.15, 0.2) is 5.66 Å². The van der Waals surface area contributed by atoms with Crippen molar-refractivity contribution in [2.24, 2.45) is 0 Å². The van der Waals surface area contributed by atoms with Crippen LogP contribution >= 0.6 is 23.2 Å². The van der Waals surface area contributed by atoms with Gasteiger partial charge in [-0.15, -0.1) is 0 Å². The molecule has 2 aliphatic heterocycles. The number of nitrogens with zero attached hydrogens (tertiary/aromatic N) is 3. The number of hydrogen-bond acceptors (Lipinski definition) is 7. The predicted octanol–water partition coefficient (Wildman–Crippen LogP) is 6.08. The number of rotatable bonds is 9. The van der Waals surface area contributed by atoms with Gasteiger partial charge < -0.3 is 15.0 Å². The van der Waals surface area contributed by atoms with Crippen LogP contribution in [-0.2, 0) is 20.7 Å². The first kappa shape index (κ1) is 36.6. The lowest BCUT2D eigenvalue weighted by molar-refractivity contribution is -0.141. The molecule has 9 nitrogen and oxygen atoms in total. The van der Waals surface area contributed by atoms with E-state index in [0.29, 0.717) is 54.1 Å². The number of piperazine rings is 1. The van der Waals surface area contributed by atoms with Crippen molar-refractivity contribution in [1.82, 2.24) is 25.8 Å². The minimum Gasteiger partial charge on any atom is -0.493 e. The van der Waals surface area contributed by atoms with Crippen LogP contribution in [0.5, 0.6) is 5.75 Å². The van der Waals surface area contributed by atoms with E-state index in [0.717, 1.165) is 16.7 Å². The van der Waals surface area contributed by atoms with Crippen LogP contribution in [-0.4, -0.2) is 66.5 Å². The van der Waals surface area contributed by atoms with Crippen molar-refractivity contribution in [3.8, 4) is 11.8 Å².